The van der Waals surface area contributed by atoms with Crippen LogP contribution in [0.1, 0.15) is 0 Å². The molecular formula is C64H44N2. The standard InChI is InChI=1S/C64H44N2/c1-3-14-45(15-4-1)47-26-28-48(29-27-47)49-30-37-54(38-31-49)65(55-39-32-51(33-40-55)58-23-13-19-50-18-7-8-20-57(50)58)56-41-34-52(35-42-56)59-43-36-53(46-16-5-2-6-17-46)44-64(59)66-62-24-11-9-21-60(62)61-22-10-12-25-63(61)66/h1-44H. The van der Waals surface area contributed by atoms with Gasteiger partial charge in [0.2, 0.25) is 0 Å². The van der Waals surface area contributed by atoms with Gasteiger partial charge < -0.3 is 9.47 Å². The highest BCUT2D eigenvalue weighted by Crippen LogP contribution is 2.42. The first-order chi connectivity index (χ1) is 32.7. The van der Waals surface area contributed by atoms with E-state index in [1.807, 2.05) is 0 Å². The Morgan fingerprint density at radius 1 is 0.242 bits per heavy atom. The third kappa shape index (κ3) is 7.12. The summed E-state index contributed by atoms with van der Waals surface area (Å²) in [5, 5.41) is 4.99. The Hall–Kier alpha value is -8.72. The van der Waals surface area contributed by atoms with E-state index in [0.717, 1.165) is 28.3 Å². The minimum absolute atomic E-state index is 1.08. The maximum absolute atomic E-state index is 2.45. The van der Waals surface area contributed by atoms with Crippen LogP contribution in [0.25, 0.3) is 93.9 Å². The predicted molar refractivity (Wildman–Crippen MR) is 280 cm³/mol. The first-order valence-corrected chi connectivity index (χ1v) is 22.7. The van der Waals surface area contributed by atoms with Crippen molar-refractivity contribution in [1.82, 2.24) is 4.57 Å². The molecule has 0 aliphatic rings. The lowest BCUT2D eigenvalue weighted by Gasteiger charge is -2.26. The van der Waals surface area contributed by atoms with E-state index >= 15 is 0 Å². The van der Waals surface area contributed by atoms with Gasteiger partial charge in [0.25, 0.3) is 0 Å². The molecule has 11 aromatic carbocycles. The van der Waals surface area contributed by atoms with E-state index in [1.165, 1.54) is 82.6 Å². The minimum Gasteiger partial charge on any atom is -0.311 e. The lowest BCUT2D eigenvalue weighted by Crippen LogP contribution is -2.10. The third-order valence-electron chi connectivity index (χ3n) is 13.0. The number of aromatic nitrogens is 1. The fourth-order valence-corrected chi connectivity index (χ4v) is 9.75. The van der Waals surface area contributed by atoms with Crippen LogP contribution in [-0.4, -0.2) is 4.57 Å². The quantitative estimate of drug-likeness (QED) is 0.141. The van der Waals surface area contributed by atoms with Gasteiger partial charge >= 0.3 is 0 Å². The van der Waals surface area contributed by atoms with Crippen LogP contribution >= 0.6 is 0 Å². The summed E-state index contributed by atoms with van der Waals surface area (Å²) >= 11 is 0. The number of para-hydroxylation sites is 2. The van der Waals surface area contributed by atoms with Gasteiger partial charge in [-0.25, -0.2) is 0 Å². The van der Waals surface area contributed by atoms with Crippen LogP contribution in [-0.2, 0) is 0 Å². The number of benzene rings is 11. The molecule has 0 bridgehead atoms. The fourth-order valence-electron chi connectivity index (χ4n) is 9.75. The smallest absolute Gasteiger partial charge is 0.0546 e. The molecule has 0 saturated carbocycles. The molecule has 0 atom stereocenters. The van der Waals surface area contributed by atoms with Crippen LogP contribution in [0.5, 0.6) is 0 Å². The number of anilines is 3. The lowest BCUT2D eigenvalue weighted by atomic mass is 9.97. The van der Waals surface area contributed by atoms with Crippen LogP contribution < -0.4 is 4.90 Å². The van der Waals surface area contributed by atoms with Crippen molar-refractivity contribution < 1.29 is 0 Å². The summed E-state index contributed by atoms with van der Waals surface area (Å²) < 4.78 is 2.45. The summed E-state index contributed by atoms with van der Waals surface area (Å²) in [5.41, 5.74) is 18.7. The van der Waals surface area contributed by atoms with Crippen molar-refractivity contribution >= 4 is 49.6 Å². The second-order valence-electron chi connectivity index (χ2n) is 16.9. The Kier molecular flexibility index (Phi) is 9.89. The van der Waals surface area contributed by atoms with Crippen LogP contribution in [0.2, 0.25) is 0 Å². The first kappa shape index (κ1) is 38.9. The van der Waals surface area contributed by atoms with Crippen LogP contribution in [0.4, 0.5) is 17.1 Å². The van der Waals surface area contributed by atoms with Crippen LogP contribution in [0.15, 0.2) is 267 Å². The molecule has 1 aromatic heterocycles. The van der Waals surface area contributed by atoms with Gasteiger partial charge in [-0.1, -0.05) is 212 Å². The molecular weight excluding hydrogens is 797 g/mol. The van der Waals surface area contributed by atoms with Gasteiger partial charge in [-0.05, 0) is 115 Å². The first-order valence-electron chi connectivity index (χ1n) is 22.7. The molecule has 12 rings (SSSR count). The SMILES string of the molecule is c1ccc(-c2ccc(-c3ccc(N(c4ccc(-c5ccc(-c6ccccc6)cc5-n5c6ccccc6c6ccccc65)cc4)c4ccc(-c5cccc6ccccc56)cc4)cc3)cc2)cc1. The van der Waals surface area contributed by atoms with Gasteiger partial charge in [-0.15, -0.1) is 0 Å². The normalized spacial score (nSPS) is 11.3. The van der Waals surface area contributed by atoms with E-state index in [9.17, 15) is 0 Å². The Morgan fingerprint density at radius 2 is 0.621 bits per heavy atom. The summed E-state index contributed by atoms with van der Waals surface area (Å²) in [6.45, 7) is 0. The average molecular weight is 841 g/mol. The Labute approximate surface area is 385 Å². The average Bonchev–Trinajstić information content (AvgIpc) is 3.74. The second kappa shape index (κ2) is 16.8. The van der Waals surface area contributed by atoms with Gasteiger partial charge in [-0.3, -0.25) is 0 Å². The minimum atomic E-state index is 1.08. The Morgan fingerprint density at radius 3 is 1.17 bits per heavy atom. The van der Waals surface area contributed by atoms with Crippen molar-refractivity contribution in [2.45, 2.75) is 0 Å². The molecule has 0 aliphatic heterocycles. The van der Waals surface area contributed by atoms with Crippen molar-refractivity contribution in [3.05, 3.63) is 267 Å². The Balaban J connectivity index is 0.956. The van der Waals surface area contributed by atoms with Crippen LogP contribution in [0, 0.1) is 0 Å². The van der Waals surface area contributed by atoms with E-state index in [0.29, 0.717) is 0 Å². The molecule has 2 nitrogen and oxygen atoms in total. The summed E-state index contributed by atoms with van der Waals surface area (Å²) in [7, 11) is 0. The molecule has 12 aromatic rings. The van der Waals surface area contributed by atoms with Gasteiger partial charge in [0.1, 0.15) is 0 Å². The number of fused-ring (bicyclic) bond motifs is 4. The van der Waals surface area contributed by atoms with Gasteiger partial charge in [0, 0.05) is 33.4 Å². The molecule has 0 radical (unpaired) electrons. The molecule has 0 fully saturated rings. The maximum Gasteiger partial charge on any atom is 0.0546 e. The zero-order valence-corrected chi connectivity index (χ0v) is 36.3. The van der Waals surface area contributed by atoms with Crippen molar-refractivity contribution in [1.29, 1.82) is 0 Å². The highest BCUT2D eigenvalue weighted by atomic mass is 15.1. The van der Waals surface area contributed by atoms with Crippen molar-refractivity contribution in [3.8, 4) is 61.3 Å². The lowest BCUT2D eigenvalue weighted by molar-refractivity contribution is 1.18. The predicted octanol–water partition coefficient (Wildman–Crippen LogP) is 17.7. The van der Waals surface area contributed by atoms with E-state index in [4.69, 9.17) is 0 Å². The summed E-state index contributed by atoms with van der Waals surface area (Å²) in [6, 6.07) is 96.8. The molecule has 1 heterocycles. The molecule has 0 amide bonds. The Bertz CT molecular complexity index is 3590. The van der Waals surface area contributed by atoms with Gasteiger partial charge in [0.05, 0.1) is 16.7 Å². The van der Waals surface area contributed by atoms with Gasteiger partial charge in [0.15, 0.2) is 0 Å². The monoisotopic (exact) mass is 840 g/mol. The molecule has 310 valence electrons. The summed E-state index contributed by atoms with van der Waals surface area (Å²) in [4.78, 5) is 2.37. The van der Waals surface area contributed by atoms with E-state index in [2.05, 4.69) is 276 Å². The fraction of sp³-hybridized carbons (Fsp3) is 0. The second-order valence-corrected chi connectivity index (χ2v) is 16.9. The molecule has 0 saturated heterocycles. The zero-order valence-electron chi connectivity index (χ0n) is 36.3. The molecule has 0 aliphatic carbocycles. The molecule has 0 spiro atoms. The third-order valence-corrected chi connectivity index (χ3v) is 13.0. The maximum atomic E-state index is 2.45. The number of hydrogen-bond acceptors (Lipinski definition) is 1. The summed E-state index contributed by atoms with van der Waals surface area (Å²) in [6.07, 6.45) is 0. The van der Waals surface area contributed by atoms with Crippen molar-refractivity contribution in [3.63, 3.8) is 0 Å². The largest absolute Gasteiger partial charge is 0.311 e. The number of nitrogens with zero attached hydrogens (tertiary/aromatic N) is 2. The van der Waals surface area contributed by atoms with Crippen molar-refractivity contribution in [2.24, 2.45) is 0 Å². The van der Waals surface area contributed by atoms with E-state index in [1.54, 1.807) is 0 Å². The molecule has 66 heavy (non-hydrogen) atoms. The number of hydrogen-bond donors (Lipinski definition) is 0. The highest BCUT2D eigenvalue weighted by Gasteiger charge is 2.19. The molecule has 0 unspecified atom stereocenters. The highest BCUT2D eigenvalue weighted by molar-refractivity contribution is 6.10. The van der Waals surface area contributed by atoms with Crippen LogP contribution in [0.3, 0.4) is 0 Å². The molecule has 2 heteroatoms. The topological polar surface area (TPSA) is 8.17 Å². The van der Waals surface area contributed by atoms with Gasteiger partial charge in [-0.2, -0.15) is 0 Å². The zero-order chi connectivity index (χ0) is 43.8. The van der Waals surface area contributed by atoms with Crippen molar-refractivity contribution in [2.75, 3.05) is 4.90 Å². The summed E-state index contributed by atoms with van der Waals surface area (Å²) in [5.74, 6) is 0. The number of rotatable bonds is 9. The van der Waals surface area contributed by atoms with E-state index < -0.39 is 0 Å². The molecule has 0 N–H and O–H groups in total. The van der Waals surface area contributed by atoms with E-state index in [-0.39, 0.29) is 0 Å².